The molecule has 4 aromatic rings. The highest BCUT2D eigenvalue weighted by atomic mass is 19.1. The summed E-state index contributed by atoms with van der Waals surface area (Å²) in [5.74, 6) is 0.440. The van der Waals surface area contributed by atoms with Crippen LogP contribution in [0.4, 0.5) is 4.39 Å². The molecule has 1 atom stereocenters. The van der Waals surface area contributed by atoms with Crippen LogP contribution >= 0.6 is 0 Å². The lowest BCUT2D eigenvalue weighted by Crippen LogP contribution is -2.33. The first kappa shape index (κ1) is 25.7. The van der Waals surface area contributed by atoms with Crippen LogP contribution in [0.1, 0.15) is 53.9 Å². The molecule has 0 saturated carbocycles. The first-order valence-corrected chi connectivity index (χ1v) is 12.3. The van der Waals surface area contributed by atoms with Crippen LogP contribution in [0, 0.1) is 19.7 Å². The van der Waals surface area contributed by atoms with E-state index in [1.165, 1.54) is 17.7 Å². The van der Waals surface area contributed by atoms with E-state index in [-0.39, 0.29) is 17.4 Å². The molecule has 0 radical (unpaired) electrons. The molecule has 0 amide bonds. The molecule has 0 spiro atoms. The molecule has 2 aromatic carbocycles. The van der Waals surface area contributed by atoms with Crippen LogP contribution in [0.2, 0.25) is 0 Å². The molecule has 4 rings (SSSR count). The van der Waals surface area contributed by atoms with Crippen LogP contribution < -0.4 is 5.56 Å². The van der Waals surface area contributed by atoms with Gasteiger partial charge in [-0.05, 0) is 83.1 Å². The van der Waals surface area contributed by atoms with Crippen molar-refractivity contribution < 1.29 is 9.13 Å². The van der Waals surface area contributed by atoms with Gasteiger partial charge in [-0.1, -0.05) is 25.5 Å². The van der Waals surface area contributed by atoms with Gasteiger partial charge in [0.25, 0.3) is 5.56 Å². The zero-order valence-electron chi connectivity index (χ0n) is 21.3. The monoisotopic (exact) mass is 492 g/mol. The largest absolute Gasteiger partial charge is 0.383 e. The van der Waals surface area contributed by atoms with Gasteiger partial charge in [0, 0.05) is 31.3 Å². The summed E-state index contributed by atoms with van der Waals surface area (Å²) in [5.41, 5.74) is 4.61. The van der Waals surface area contributed by atoms with Gasteiger partial charge in [-0.25, -0.2) is 9.07 Å². The van der Waals surface area contributed by atoms with Gasteiger partial charge in [0.05, 0.1) is 19.2 Å². The molecule has 0 aliphatic carbocycles. The van der Waals surface area contributed by atoms with Crippen LogP contribution in [-0.4, -0.2) is 43.8 Å². The second kappa shape index (κ2) is 11.5. The molecule has 0 fully saturated rings. The van der Waals surface area contributed by atoms with E-state index in [1.807, 2.05) is 19.1 Å². The fourth-order valence-electron chi connectivity index (χ4n) is 4.49. The number of hydrogen-bond acceptors (Lipinski definition) is 6. The van der Waals surface area contributed by atoms with Crippen molar-refractivity contribution in [1.29, 1.82) is 0 Å². The average Bonchev–Trinajstić information content (AvgIpc) is 3.32. The summed E-state index contributed by atoms with van der Waals surface area (Å²) >= 11 is 0. The van der Waals surface area contributed by atoms with E-state index in [2.05, 4.69) is 45.3 Å². The fourth-order valence-corrected chi connectivity index (χ4v) is 4.49. The Hall–Kier alpha value is -3.43. The van der Waals surface area contributed by atoms with Crippen LogP contribution in [0.25, 0.3) is 10.9 Å². The smallest absolute Gasteiger partial charge is 0.252 e. The van der Waals surface area contributed by atoms with Crippen LogP contribution in [0.15, 0.2) is 47.3 Å². The van der Waals surface area contributed by atoms with Crippen molar-refractivity contribution in [3.63, 3.8) is 0 Å². The van der Waals surface area contributed by atoms with Gasteiger partial charge >= 0.3 is 0 Å². The summed E-state index contributed by atoms with van der Waals surface area (Å²) in [5, 5.41) is 13.4. The molecule has 2 heterocycles. The van der Waals surface area contributed by atoms with Crippen molar-refractivity contribution in [1.82, 2.24) is 30.1 Å². The molecule has 0 bridgehead atoms. The Kier molecular flexibility index (Phi) is 8.22. The fraction of sp³-hybridized carbons (Fsp3) is 0.407. The number of aromatic amines is 1. The summed E-state index contributed by atoms with van der Waals surface area (Å²) in [6, 6.07) is 12.4. The summed E-state index contributed by atoms with van der Waals surface area (Å²) in [6.45, 7) is 8.12. The van der Waals surface area contributed by atoms with E-state index >= 15 is 0 Å². The molecule has 9 heteroatoms. The Morgan fingerprint density at radius 2 is 1.86 bits per heavy atom. The number of rotatable bonds is 11. The van der Waals surface area contributed by atoms with Crippen molar-refractivity contribution >= 4 is 10.9 Å². The molecule has 0 saturated heterocycles. The number of tetrazole rings is 1. The first-order chi connectivity index (χ1) is 17.4. The van der Waals surface area contributed by atoms with E-state index in [0.717, 1.165) is 40.7 Å². The van der Waals surface area contributed by atoms with Gasteiger partial charge in [-0.3, -0.25) is 9.69 Å². The van der Waals surface area contributed by atoms with Gasteiger partial charge in [0.1, 0.15) is 5.82 Å². The number of hydrogen-bond donors (Lipinski definition) is 1. The maximum Gasteiger partial charge on any atom is 0.252 e. The summed E-state index contributed by atoms with van der Waals surface area (Å²) < 4.78 is 20.6. The van der Waals surface area contributed by atoms with Gasteiger partial charge in [-0.15, -0.1) is 5.10 Å². The molecule has 8 nitrogen and oxygen atoms in total. The van der Waals surface area contributed by atoms with E-state index in [0.29, 0.717) is 31.8 Å². The third kappa shape index (κ3) is 5.85. The number of H-pyrrole nitrogens is 1. The minimum atomic E-state index is -0.282. The number of pyridine rings is 1. The van der Waals surface area contributed by atoms with Gasteiger partial charge in [0.15, 0.2) is 5.82 Å². The molecule has 190 valence electrons. The maximum atomic E-state index is 13.6. The minimum absolute atomic E-state index is 0.121. The number of fused-ring (bicyclic) bond motifs is 1. The van der Waals surface area contributed by atoms with Gasteiger partial charge in [0.2, 0.25) is 0 Å². The lowest BCUT2D eigenvalue weighted by Gasteiger charge is -2.31. The summed E-state index contributed by atoms with van der Waals surface area (Å²) in [7, 11) is 1.64. The van der Waals surface area contributed by atoms with E-state index in [4.69, 9.17) is 4.74 Å². The van der Waals surface area contributed by atoms with Crippen molar-refractivity contribution in [3.8, 4) is 0 Å². The number of ether oxygens (including phenoxy) is 1. The highest BCUT2D eigenvalue weighted by molar-refractivity contribution is 5.80. The Bertz CT molecular complexity index is 1370. The third-order valence-electron chi connectivity index (χ3n) is 6.58. The van der Waals surface area contributed by atoms with Crippen molar-refractivity contribution in [2.75, 3.05) is 13.7 Å². The zero-order valence-corrected chi connectivity index (χ0v) is 21.3. The highest BCUT2D eigenvalue weighted by Gasteiger charge is 2.27. The lowest BCUT2D eigenvalue weighted by molar-refractivity contribution is 0.147. The molecule has 36 heavy (non-hydrogen) atoms. The number of aromatic nitrogens is 5. The molecule has 0 aliphatic rings. The average molecular weight is 493 g/mol. The second-order valence-electron chi connectivity index (χ2n) is 9.24. The van der Waals surface area contributed by atoms with Crippen molar-refractivity contribution in [2.45, 2.75) is 59.3 Å². The molecule has 2 aromatic heterocycles. The van der Waals surface area contributed by atoms with Crippen LogP contribution in [0.3, 0.4) is 0 Å². The van der Waals surface area contributed by atoms with Crippen LogP contribution in [-0.2, 0) is 24.4 Å². The van der Waals surface area contributed by atoms with E-state index < -0.39 is 0 Å². The quantitative estimate of drug-likeness (QED) is 0.333. The number of nitrogens with one attached hydrogen (secondary N) is 1. The predicted octanol–water partition coefficient (Wildman–Crippen LogP) is 4.46. The number of benzene rings is 2. The molecule has 0 unspecified atom stereocenters. The normalized spacial score (nSPS) is 12.5. The van der Waals surface area contributed by atoms with E-state index in [9.17, 15) is 9.18 Å². The Labute approximate surface area is 210 Å². The SMILES string of the molecule is CCC[C@H](c1nnnn1CCOC)N(Cc1ccc(F)cc1)Cc1cc2cc(C)c(C)cc2[nH]c1=O. The Morgan fingerprint density at radius 1 is 1.11 bits per heavy atom. The zero-order chi connectivity index (χ0) is 25.7. The van der Waals surface area contributed by atoms with Crippen molar-refractivity contribution in [2.24, 2.45) is 0 Å². The highest BCUT2D eigenvalue weighted by Crippen LogP contribution is 2.28. The standard InChI is InChI=1S/C27H33FN6O2/c1-5-6-25(26-30-31-32-34(26)11-12-36-4)33(16-20-7-9-23(28)10-8-20)17-22-15-21-13-18(2)19(3)14-24(21)29-27(22)35/h7-10,13-15,25H,5-6,11-12,16-17H2,1-4H3,(H,29,35)/t25-/m1/s1. The lowest BCUT2D eigenvalue weighted by atomic mass is 10.0. The van der Waals surface area contributed by atoms with Gasteiger partial charge < -0.3 is 9.72 Å². The second-order valence-corrected chi connectivity index (χ2v) is 9.24. The molecule has 1 N–H and O–H groups in total. The first-order valence-electron chi connectivity index (χ1n) is 12.3. The minimum Gasteiger partial charge on any atom is -0.383 e. The topological polar surface area (TPSA) is 88.9 Å². The van der Waals surface area contributed by atoms with Crippen molar-refractivity contribution in [3.05, 3.63) is 86.7 Å². The number of nitrogens with zero attached hydrogens (tertiary/aromatic N) is 5. The molecule has 0 aliphatic heterocycles. The number of methoxy groups -OCH3 is 1. The molecular formula is C27H33FN6O2. The van der Waals surface area contributed by atoms with Crippen LogP contribution in [0.5, 0.6) is 0 Å². The van der Waals surface area contributed by atoms with E-state index in [1.54, 1.807) is 23.9 Å². The Morgan fingerprint density at radius 3 is 2.58 bits per heavy atom. The predicted molar refractivity (Wildman–Crippen MR) is 137 cm³/mol. The number of aryl methyl sites for hydroxylation is 2. The third-order valence-corrected chi connectivity index (χ3v) is 6.58. The maximum absolute atomic E-state index is 13.6. The summed E-state index contributed by atoms with van der Waals surface area (Å²) in [4.78, 5) is 18.4. The Balaban J connectivity index is 1.75. The van der Waals surface area contributed by atoms with Gasteiger partial charge in [-0.2, -0.15) is 0 Å². The summed E-state index contributed by atoms with van der Waals surface area (Å²) in [6.07, 6.45) is 1.69. The molecular weight excluding hydrogens is 459 g/mol. The number of halogens is 1.